The fraction of sp³-hybridized carbons (Fsp3) is 0.533. The summed E-state index contributed by atoms with van der Waals surface area (Å²) in [7, 11) is 0. The van der Waals surface area contributed by atoms with Crippen LogP contribution in [0.1, 0.15) is 49.4 Å². The van der Waals surface area contributed by atoms with E-state index in [1.54, 1.807) is 0 Å². The van der Waals surface area contributed by atoms with Gasteiger partial charge in [0.15, 0.2) is 0 Å². The van der Waals surface area contributed by atoms with Gasteiger partial charge in [-0.2, -0.15) is 5.10 Å². The van der Waals surface area contributed by atoms with Gasteiger partial charge in [0.1, 0.15) is 0 Å². The fourth-order valence-corrected chi connectivity index (χ4v) is 2.91. The lowest BCUT2D eigenvalue weighted by atomic mass is 9.96. The Morgan fingerprint density at radius 2 is 2.00 bits per heavy atom. The molecule has 2 heterocycles. The molecule has 0 radical (unpaired) electrons. The lowest BCUT2D eigenvalue weighted by Gasteiger charge is -2.21. The van der Waals surface area contributed by atoms with E-state index < -0.39 is 0 Å². The third-order valence-electron chi connectivity index (χ3n) is 4.00. The van der Waals surface area contributed by atoms with Gasteiger partial charge in [0, 0.05) is 25.1 Å². The largest absolute Gasteiger partial charge is 0.348 e. The molecular weight excluding hydrogens is 236 g/mol. The summed E-state index contributed by atoms with van der Waals surface area (Å²) in [5, 5.41) is 4.73. The van der Waals surface area contributed by atoms with Crippen LogP contribution in [0.5, 0.6) is 0 Å². The van der Waals surface area contributed by atoms with Gasteiger partial charge in [0.2, 0.25) is 0 Å². The molecule has 2 aromatic rings. The third kappa shape index (κ3) is 2.89. The second kappa shape index (κ2) is 5.61. The van der Waals surface area contributed by atoms with E-state index >= 15 is 0 Å². The number of rotatable bonds is 4. The lowest BCUT2D eigenvalue weighted by Crippen LogP contribution is -2.13. The van der Waals surface area contributed by atoms with Crippen LogP contribution in [0.2, 0.25) is 0 Å². The molecule has 0 aliphatic heterocycles. The van der Waals surface area contributed by atoms with Crippen molar-refractivity contribution in [2.45, 2.75) is 51.2 Å². The zero-order chi connectivity index (χ0) is 13.1. The van der Waals surface area contributed by atoms with Crippen LogP contribution in [-0.2, 0) is 13.1 Å². The molecule has 19 heavy (non-hydrogen) atoms. The summed E-state index contributed by atoms with van der Waals surface area (Å²) < 4.78 is 4.32. The summed E-state index contributed by atoms with van der Waals surface area (Å²) in [5.74, 6) is 0. The fourth-order valence-electron chi connectivity index (χ4n) is 2.91. The van der Waals surface area contributed by atoms with E-state index in [-0.39, 0.29) is 0 Å². The van der Waals surface area contributed by atoms with E-state index in [1.807, 2.05) is 0 Å². The highest BCUT2D eigenvalue weighted by Crippen LogP contribution is 2.27. The van der Waals surface area contributed by atoms with Gasteiger partial charge >= 0.3 is 0 Å². The first kappa shape index (κ1) is 12.5. The van der Waals surface area contributed by atoms with Crippen LogP contribution in [0.25, 0.3) is 0 Å². The van der Waals surface area contributed by atoms with Gasteiger partial charge in [0.05, 0.1) is 18.3 Å². The van der Waals surface area contributed by atoms with Gasteiger partial charge in [0.25, 0.3) is 0 Å². The van der Waals surface area contributed by atoms with E-state index in [4.69, 9.17) is 10.8 Å². The predicted octanol–water partition coefficient (Wildman–Crippen LogP) is 2.70. The van der Waals surface area contributed by atoms with Gasteiger partial charge in [-0.15, -0.1) is 0 Å². The van der Waals surface area contributed by atoms with Crippen LogP contribution >= 0.6 is 0 Å². The van der Waals surface area contributed by atoms with Crippen molar-refractivity contribution in [2.24, 2.45) is 5.73 Å². The zero-order valence-electron chi connectivity index (χ0n) is 11.3. The van der Waals surface area contributed by atoms with Crippen molar-refractivity contribution < 1.29 is 0 Å². The van der Waals surface area contributed by atoms with Gasteiger partial charge in [-0.1, -0.05) is 19.3 Å². The van der Waals surface area contributed by atoms with Gasteiger partial charge in [-0.3, -0.25) is 4.68 Å². The molecule has 1 aliphatic rings. The van der Waals surface area contributed by atoms with E-state index in [1.165, 1.54) is 37.7 Å². The van der Waals surface area contributed by atoms with Gasteiger partial charge in [-0.05, 0) is 30.5 Å². The van der Waals surface area contributed by atoms with Crippen molar-refractivity contribution in [1.29, 1.82) is 0 Å². The Morgan fingerprint density at radius 1 is 1.16 bits per heavy atom. The molecule has 0 unspecified atom stereocenters. The highest BCUT2D eigenvalue weighted by molar-refractivity contribution is 5.11. The maximum Gasteiger partial charge on any atom is 0.0821 e. The molecular formula is C15H22N4. The van der Waals surface area contributed by atoms with Crippen molar-refractivity contribution >= 4 is 0 Å². The zero-order valence-corrected chi connectivity index (χ0v) is 11.3. The molecule has 2 N–H and O–H groups in total. The van der Waals surface area contributed by atoms with Crippen molar-refractivity contribution in [3.63, 3.8) is 0 Å². The van der Waals surface area contributed by atoms with E-state index in [0.29, 0.717) is 12.6 Å². The Bertz CT molecular complexity index is 520. The van der Waals surface area contributed by atoms with Crippen molar-refractivity contribution in [3.05, 3.63) is 42.0 Å². The first-order valence-corrected chi connectivity index (χ1v) is 7.24. The van der Waals surface area contributed by atoms with Gasteiger partial charge < -0.3 is 10.3 Å². The van der Waals surface area contributed by atoms with Crippen molar-refractivity contribution in [1.82, 2.24) is 14.3 Å². The maximum atomic E-state index is 5.63. The second-order valence-corrected chi connectivity index (χ2v) is 5.48. The molecule has 0 bridgehead atoms. The molecule has 0 aromatic carbocycles. The number of nitrogens with two attached hydrogens (primary N) is 1. The molecule has 0 atom stereocenters. The molecule has 0 amide bonds. The van der Waals surface area contributed by atoms with E-state index in [2.05, 4.69) is 40.0 Å². The number of hydrogen-bond donors (Lipinski definition) is 1. The minimum absolute atomic E-state index is 0.601. The first-order valence-electron chi connectivity index (χ1n) is 7.24. The Morgan fingerprint density at radius 3 is 2.74 bits per heavy atom. The Labute approximate surface area is 114 Å². The third-order valence-corrected chi connectivity index (χ3v) is 4.00. The van der Waals surface area contributed by atoms with Crippen LogP contribution in [0.15, 0.2) is 30.7 Å². The molecule has 0 saturated heterocycles. The standard InChI is InChI=1S/C15H22N4/c16-10-13-6-8-18(11-13)12-14-7-9-19(17-14)15-4-2-1-3-5-15/h6-9,11,15H,1-5,10,12,16H2. The molecule has 4 nitrogen and oxygen atoms in total. The molecule has 3 rings (SSSR count). The van der Waals surface area contributed by atoms with E-state index in [0.717, 1.165) is 12.2 Å². The van der Waals surface area contributed by atoms with E-state index in [9.17, 15) is 0 Å². The van der Waals surface area contributed by atoms with Crippen molar-refractivity contribution in [2.75, 3.05) is 0 Å². The highest BCUT2D eigenvalue weighted by atomic mass is 15.3. The quantitative estimate of drug-likeness (QED) is 0.916. The summed E-state index contributed by atoms with van der Waals surface area (Å²) in [5.41, 5.74) is 7.93. The molecule has 0 spiro atoms. The van der Waals surface area contributed by atoms with Crippen molar-refractivity contribution in [3.8, 4) is 0 Å². The minimum atomic E-state index is 0.601. The Balaban J connectivity index is 1.67. The highest BCUT2D eigenvalue weighted by Gasteiger charge is 2.15. The summed E-state index contributed by atoms with van der Waals surface area (Å²) in [6.07, 6.45) is 12.9. The smallest absolute Gasteiger partial charge is 0.0821 e. The normalized spacial score (nSPS) is 16.9. The van der Waals surface area contributed by atoms with Crippen LogP contribution in [0.3, 0.4) is 0 Å². The first-order chi connectivity index (χ1) is 9.35. The number of aromatic nitrogens is 3. The molecule has 1 saturated carbocycles. The number of nitrogens with zero attached hydrogens (tertiary/aromatic N) is 3. The summed E-state index contributed by atoms with van der Waals surface area (Å²) in [4.78, 5) is 0. The SMILES string of the molecule is NCc1ccn(Cc2ccn(C3CCCCC3)n2)c1. The summed E-state index contributed by atoms with van der Waals surface area (Å²) >= 11 is 0. The Hall–Kier alpha value is -1.55. The van der Waals surface area contributed by atoms with Crippen LogP contribution in [0, 0.1) is 0 Å². The minimum Gasteiger partial charge on any atom is -0.348 e. The monoisotopic (exact) mass is 258 g/mol. The number of hydrogen-bond acceptors (Lipinski definition) is 2. The summed E-state index contributed by atoms with van der Waals surface area (Å²) in [6, 6.07) is 4.82. The second-order valence-electron chi connectivity index (χ2n) is 5.48. The topological polar surface area (TPSA) is 48.8 Å². The average molecular weight is 258 g/mol. The predicted molar refractivity (Wildman–Crippen MR) is 75.8 cm³/mol. The lowest BCUT2D eigenvalue weighted by molar-refractivity contribution is 0.328. The molecule has 4 heteroatoms. The van der Waals surface area contributed by atoms with Crippen LogP contribution < -0.4 is 5.73 Å². The molecule has 2 aromatic heterocycles. The summed E-state index contributed by atoms with van der Waals surface area (Å²) in [6.45, 7) is 1.43. The molecule has 1 fully saturated rings. The molecule has 1 aliphatic carbocycles. The average Bonchev–Trinajstić information content (AvgIpc) is 3.09. The Kier molecular flexibility index (Phi) is 3.69. The van der Waals surface area contributed by atoms with Crippen LogP contribution in [-0.4, -0.2) is 14.3 Å². The molecule has 102 valence electrons. The maximum absolute atomic E-state index is 5.63. The van der Waals surface area contributed by atoms with Gasteiger partial charge in [-0.25, -0.2) is 0 Å². The van der Waals surface area contributed by atoms with Crippen LogP contribution in [0.4, 0.5) is 0 Å².